The summed E-state index contributed by atoms with van der Waals surface area (Å²) >= 11 is 0. The zero-order chi connectivity index (χ0) is 11.7. The van der Waals surface area contributed by atoms with E-state index in [1.54, 1.807) is 0 Å². The first-order chi connectivity index (χ1) is 7.59. The van der Waals surface area contributed by atoms with Crippen LogP contribution >= 0.6 is 0 Å². The van der Waals surface area contributed by atoms with E-state index in [-0.39, 0.29) is 17.2 Å². The summed E-state index contributed by atoms with van der Waals surface area (Å²) in [5.41, 5.74) is 11.9. The van der Waals surface area contributed by atoms with Gasteiger partial charge in [-0.2, -0.15) is 13.9 Å². The van der Waals surface area contributed by atoms with E-state index in [0.717, 1.165) is 0 Å². The molecule has 0 spiro atoms. The molecule has 0 fully saturated rings. The maximum atomic E-state index is 12.6. The maximum Gasteiger partial charge on any atom is 0.333 e. The number of halogens is 2. The quantitative estimate of drug-likeness (QED) is 0.811. The molecule has 0 radical (unpaired) electrons. The minimum atomic E-state index is -2.70. The highest BCUT2D eigenvalue weighted by Gasteiger charge is 2.13. The Morgan fingerprint density at radius 3 is 2.69 bits per heavy atom. The number of anilines is 2. The number of aromatic nitrogens is 3. The van der Waals surface area contributed by atoms with Crippen LogP contribution in [-0.4, -0.2) is 14.8 Å². The van der Waals surface area contributed by atoms with Crippen molar-refractivity contribution in [1.82, 2.24) is 14.8 Å². The van der Waals surface area contributed by atoms with Crippen LogP contribution < -0.4 is 11.5 Å². The van der Waals surface area contributed by atoms with Gasteiger partial charge in [0, 0.05) is 18.0 Å². The van der Waals surface area contributed by atoms with Crippen molar-refractivity contribution in [3.63, 3.8) is 0 Å². The van der Waals surface area contributed by atoms with Crippen molar-refractivity contribution in [1.29, 1.82) is 0 Å². The number of nitrogens with zero attached hydrogens (tertiary/aromatic N) is 3. The van der Waals surface area contributed by atoms with Gasteiger partial charge in [-0.05, 0) is 12.1 Å². The van der Waals surface area contributed by atoms with Gasteiger partial charge in [0.25, 0.3) is 0 Å². The Bertz CT molecular complexity index is 508. The van der Waals surface area contributed by atoms with E-state index in [0.29, 0.717) is 10.2 Å². The van der Waals surface area contributed by atoms with Gasteiger partial charge < -0.3 is 11.5 Å². The fourth-order valence-electron chi connectivity index (χ4n) is 1.33. The molecule has 0 atom stereocenters. The van der Waals surface area contributed by atoms with Gasteiger partial charge in [-0.3, -0.25) is 0 Å². The van der Waals surface area contributed by atoms with Crippen molar-refractivity contribution in [2.75, 3.05) is 11.5 Å². The zero-order valence-electron chi connectivity index (χ0n) is 8.14. The Hall–Kier alpha value is -2.18. The number of nitrogens with two attached hydrogens (primary N) is 2. The van der Waals surface area contributed by atoms with E-state index in [9.17, 15) is 8.78 Å². The van der Waals surface area contributed by atoms with E-state index in [4.69, 9.17) is 11.5 Å². The Morgan fingerprint density at radius 2 is 2.06 bits per heavy atom. The lowest BCUT2D eigenvalue weighted by Gasteiger charge is -2.07. The van der Waals surface area contributed by atoms with Gasteiger partial charge in [-0.25, -0.2) is 9.67 Å². The molecule has 16 heavy (non-hydrogen) atoms. The summed E-state index contributed by atoms with van der Waals surface area (Å²) < 4.78 is 25.7. The number of rotatable bonds is 2. The second-order valence-electron chi connectivity index (χ2n) is 3.14. The highest BCUT2D eigenvalue weighted by Crippen LogP contribution is 2.25. The van der Waals surface area contributed by atoms with Gasteiger partial charge in [-0.15, -0.1) is 0 Å². The molecule has 4 N–H and O–H groups in total. The van der Waals surface area contributed by atoms with Crippen LogP contribution in [0.5, 0.6) is 0 Å². The molecule has 84 valence electrons. The Labute approximate surface area is 89.7 Å². The molecule has 7 heteroatoms. The summed E-state index contributed by atoms with van der Waals surface area (Å²) in [6.45, 7) is -2.70. The van der Waals surface area contributed by atoms with Gasteiger partial charge in [-0.1, -0.05) is 0 Å². The second kappa shape index (κ2) is 3.76. The molecule has 0 aromatic carbocycles. The van der Waals surface area contributed by atoms with Gasteiger partial charge in [0.1, 0.15) is 5.82 Å². The van der Waals surface area contributed by atoms with Crippen LogP contribution in [0, 0.1) is 0 Å². The predicted molar refractivity (Wildman–Crippen MR) is 55.5 cm³/mol. The summed E-state index contributed by atoms with van der Waals surface area (Å²) in [4.78, 5) is 3.80. The normalized spacial score (nSPS) is 10.9. The highest BCUT2D eigenvalue weighted by molar-refractivity contribution is 5.69. The van der Waals surface area contributed by atoms with Crippen LogP contribution in [0.3, 0.4) is 0 Å². The molecular formula is C9H9F2N5. The molecule has 2 heterocycles. The van der Waals surface area contributed by atoms with Crippen molar-refractivity contribution in [2.45, 2.75) is 6.55 Å². The Balaban J connectivity index is 2.50. The molecule has 0 saturated heterocycles. The first kappa shape index (κ1) is 10.3. The highest BCUT2D eigenvalue weighted by atomic mass is 19.3. The summed E-state index contributed by atoms with van der Waals surface area (Å²) in [6, 6.07) is 2.94. The van der Waals surface area contributed by atoms with Crippen LogP contribution in [0.25, 0.3) is 11.3 Å². The fourth-order valence-corrected chi connectivity index (χ4v) is 1.33. The lowest BCUT2D eigenvalue weighted by Crippen LogP contribution is -2.03. The Morgan fingerprint density at radius 1 is 1.31 bits per heavy atom. The zero-order valence-corrected chi connectivity index (χ0v) is 8.14. The largest absolute Gasteiger partial charge is 0.396 e. The van der Waals surface area contributed by atoms with E-state index in [2.05, 4.69) is 10.1 Å². The first-order valence-electron chi connectivity index (χ1n) is 4.42. The maximum absolute atomic E-state index is 12.6. The number of hydrogen-bond acceptors (Lipinski definition) is 4. The third-order valence-electron chi connectivity index (χ3n) is 2.10. The lowest BCUT2D eigenvalue weighted by molar-refractivity contribution is 0.0585. The molecule has 5 nitrogen and oxygen atoms in total. The molecule has 0 aliphatic rings. The molecule has 2 rings (SSSR count). The van der Waals surface area contributed by atoms with Crippen LogP contribution in [0.4, 0.5) is 20.3 Å². The lowest BCUT2D eigenvalue weighted by atomic mass is 10.2. The molecule has 0 saturated carbocycles. The van der Waals surface area contributed by atoms with Crippen LogP contribution in [0.1, 0.15) is 6.55 Å². The van der Waals surface area contributed by atoms with Crippen molar-refractivity contribution < 1.29 is 8.78 Å². The summed E-state index contributed by atoms with van der Waals surface area (Å²) in [7, 11) is 0. The smallest absolute Gasteiger partial charge is 0.333 e. The van der Waals surface area contributed by atoms with Gasteiger partial charge in [0.05, 0.1) is 11.4 Å². The second-order valence-corrected chi connectivity index (χ2v) is 3.14. The molecule has 0 amide bonds. The van der Waals surface area contributed by atoms with E-state index in [1.807, 2.05) is 0 Å². The third kappa shape index (κ3) is 1.67. The van der Waals surface area contributed by atoms with Crippen molar-refractivity contribution >= 4 is 11.5 Å². The molecule has 0 unspecified atom stereocenters. The number of hydrogen-bond donors (Lipinski definition) is 2. The molecule has 0 aliphatic heterocycles. The minimum absolute atomic E-state index is 0.173. The SMILES string of the molecule is Nc1cc(-c2ccnn2C(F)F)cnc1N. The molecule has 2 aromatic heterocycles. The van der Waals surface area contributed by atoms with Gasteiger partial charge in [0.2, 0.25) is 0 Å². The van der Waals surface area contributed by atoms with Crippen LogP contribution in [0.15, 0.2) is 24.5 Å². The standard InChI is InChI=1S/C9H9F2N5/c10-9(11)16-7(1-2-15-16)5-3-6(12)8(13)14-4-5/h1-4,9H,12H2,(H2,13,14). The van der Waals surface area contributed by atoms with Gasteiger partial charge in [0.15, 0.2) is 0 Å². The average molecular weight is 225 g/mol. The summed E-state index contributed by atoms with van der Waals surface area (Å²) in [6.07, 6.45) is 2.66. The molecule has 0 aliphatic carbocycles. The van der Waals surface area contributed by atoms with E-state index < -0.39 is 6.55 Å². The van der Waals surface area contributed by atoms with Gasteiger partial charge >= 0.3 is 6.55 Å². The summed E-state index contributed by atoms with van der Waals surface area (Å²) in [5.74, 6) is 0.173. The van der Waals surface area contributed by atoms with E-state index >= 15 is 0 Å². The molecular weight excluding hydrogens is 216 g/mol. The fraction of sp³-hybridized carbons (Fsp3) is 0.111. The Kier molecular flexibility index (Phi) is 2.43. The minimum Gasteiger partial charge on any atom is -0.396 e. The first-order valence-corrected chi connectivity index (χ1v) is 4.42. The summed E-state index contributed by atoms with van der Waals surface area (Å²) in [5, 5.41) is 3.51. The van der Waals surface area contributed by atoms with Crippen LogP contribution in [0.2, 0.25) is 0 Å². The van der Waals surface area contributed by atoms with Crippen molar-refractivity contribution in [3.05, 3.63) is 24.5 Å². The number of nitrogen functional groups attached to an aromatic ring is 2. The predicted octanol–water partition coefficient (Wildman–Crippen LogP) is 1.50. The van der Waals surface area contributed by atoms with Crippen molar-refractivity contribution in [2.24, 2.45) is 0 Å². The van der Waals surface area contributed by atoms with Crippen LogP contribution in [-0.2, 0) is 0 Å². The monoisotopic (exact) mass is 225 g/mol. The number of pyridine rings is 1. The molecule has 0 bridgehead atoms. The third-order valence-corrected chi connectivity index (χ3v) is 2.10. The van der Waals surface area contributed by atoms with E-state index in [1.165, 1.54) is 24.5 Å². The number of alkyl halides is 2. The topological polar surface area (TPSA) is 82.8 Å². The van der Waals surface area contributed by atoms with Crippen molar-refractivity contribution in [3.8, 4) is 11.3 Å². The average Bonchev–Trinajstić information content (AvgIpc) is 2.71. The molecule has 2 aromatic rings.